The second-order valence-electron chi connectivity index (χ2n) is 5.04. The molecule has 1 saturated heterocycles. The molecule has 0 aliphatic carbocycles. The number of aryl methyl sites for hydroxylation is 2. The highest BCUT2D eigenvalue weighted by molar-refractivity contribution is 9.10. The lowest BCUT2D eigenvalue weighted by atomic mass is 10.1. The van der Waals surface area contributed by atoms with Crippen molar-refractivity contribution in [1.82, 2.24) is 4.90 Å². The molecule has 0 spiro atoms. The number of hydrogen-bond donors (Lipinski definition) is 0. The van der Waals surface area contributed by atoms with Gasteiger partial charge in [-0.15, -0.1) is 0 Å². The number of hydrogen-bond acceptors (Lipinski definition) is 1. The van der Waals surface area contributed by atoms with E-state index in [2.05, 4.69) is 41.1 Å². The molecule has 1 aromatic carbocycles. The summed E-state index contributed by atoms with van der Waals surface area (Å²) in [6, 6.07) is 6.33. The van der Waals surface area contributed by atoms with Crippen molar-refractivity contribution in [2.45, 2.75) is 39.0 Å². The largest absolute Gasteiger partial charge is 0.343 e. The molecule has 18 heavy (non-hydrogen) atoms. The van der Waals surface area contributed by atoms with E-state index in [-0.39, 0.29) is 0 Å². The zero-order valence-electron chi connectivity index (χ0n) is 10.9. The van der Waals surface area contributed by atoms with Gasteiger partial charge in [-0.25, -0.2) is 0 Å². The summed E-state index contributed by atoms with van der Waals surface area (Å²) in [5.41, 5.74) is 2.47. The lowest BCUT2D eigenvalue weighted by Gasteiger charge is -2.26. The number of piperidine rings is 1. The van der Waals surface area contributed by atoms with Crippen molar-refractivity contribution < 1.29 is 4.79 Å². The normalized spacial score (nSPS) is 15.8. The molecule has 1 aliphatic rings. The Balaban J connectivity index is 1.88. The Bertz CT molecular complexity index is 425. The molecule has 1 fully saturated rings. The minimum Gasteiger partial charge on any atom is -0.343 e. The lowest BCUT2D eigenvalue weighted by molar-refractivity contribution is -0.132. The first-order valence-electron chi connectivity index (χ1n) is 6.69. The van der Waals surface area contributed by atoms with E-state index in [4.69, 9.17) is 0 Å². The van der Waals surface area contributed by atoms with Crippen molar-refractivity contribution in [2.24, 2.45) is 0 Å². The van der Waals surface area contributed by atoms with Crippen LogP contribution in [0, 0.1) is 6.92 Å². The molecule has 1 aromatic rings. The molecule has 0 bridgehead atoms. The highest BCUT2D eigenvalue weighted by atomic mass is 79.9. The van der Waals surface area contributed by atoms with Gasteiger partial charge in [0.05, 0.1) is 0 Å². The number of nitrogens with zero attached hydrogens (tertiary/aromatic N) is 1. The van der Waals surface area contributed by atoms with Crippen molar-refractivity contribution in [3.63, 3.8) is 0 Å². The fourth-order valence-corrected chi connectivity index (χ4v) is 3.09. The van der Waals surface area contributed by atoms with Crippen LogP contribution in [0.2, 0.25) is 0 Å². The first-order valence-corrected chi connectivity index (χ1v) is 7.49. The van der Waals surface area contributed by atoms with Crippen LogP contribution in [-0.2, 0) is 11.2 Å². The Morgan fingerprint density at radius 2 is 2.00 bits per heavy atom. The summed E-state index contributed by atoms with van der Waals surface area (Å²) < 4.78 is 1.12. The van der Waals surface area contributed by atoms with E-state index in [1.165, 1.54) is 30.4 Å². The van der Waals surface area contributed by atoms with Gasteiger partial charge in [0.25, 0.3) is 0 Å². The summed E-state index contributed by atoms with van der Waals surface area (Å²) in [5.74, 6) is 0.308. The van der Waals surface area contributed by atoms with Gasteiger partial charge in [0, 0.05) is 24.0 Å². The molecule has 2 nitrogen and oxygen atoms in total. The molecular weight excluding hydrogens is 290 g/mol. The fraction of sp³-hybridized carbons (Fsp3) is 0.533. The third kappa shape index (κ3) is 3.58. The standard InChI is InChI=1S/C15H20BrNO/c1-12-5-6-13(14(16)11-12)7-8-15(18)17-9-3-2-4-10-17/h5-6,11H,2-4,7-10H2,1H3. The Morgan fingerprint density at radius 3 is 2.67 bits per heavy atom. The van der Waals surface area contributed by atoms with Crippen LogP contribution in [0.5, 0.6) is 0 Å². The van der Waals surface area contributed by atoms with Crippen LogP contribution in [0.1, 0.15) is 36.8 Å². The van der Waals surface area contributed by atoms with Crippen molar-refractivity contribution in [1.29, 1.82) is 0 Å². The molecule has 0 radical (unpaired) electrons. The van der Waals surface area contributed by atoms with Gasteiger partial charge >= 0.3 is 0 Å². The minimum atomic E-state index is 0.308. The second-order valence-corrected chi connectivity index (χ2v) is 5.89. The Hall–Kier alpha value is -0.830. The van der Waals surface area contributed by atoms with E-state index in [1.807, 2.05) is 4.90 Å². The second kappa shape index (κ2) is 6.37. The predicted molar refractivity (Wildman–Crippen MR) is 77.6 cm³/mol. The number of amides is 1. The number of benzene rings is 1. The molecular formula is C15H20BrNO. The fourth-order valence-electron chi connectivity index (χ4n) is 2.40. The maximum absolute atomic E-state index is 12.1. The van der Waals surface area contributed by atoms with Crippen LogP contribution in [0.15, 0.2) is 22.7 Å². The number of halogens is 1. The molecule has 2 rings (SSSR count). The highest BCUT2D eigenvalue weighted by Gasteiger charge is 2.16. The summed E-state index contributed by atoms with van der Waals surface area (Å²) in [5, 5.41) is 0. The molecule has 0 N–H and O–H groups in total. The molecule has 1 aliphatic heterocycles. The summed E-state index contributed by atoms with van der Waals surface area (Å²) in [6.45, 7) is 3.98. The van der Waals surface area contributed by atoms with Gasteiger partial charge in [-0.2, -0.15) is 0 Å². The smallest absolute Gasteiger partial charge is 0.222 e. The summed E-state index contributed by atoms with van der Waals surface area (Å²) in [6.07, 6.45) is 5.06. The van der Waals surface area contributed by atoms with Crippen LogP contribution < -0.4 is 0 Å². The third-order valence-electron chi connectivity index (χ3n) is 3.53. The predicted octanol–water partition coefficient (Wildman–Crippen LogP) is 3.70. The average Bonchev–Trinajstić information content (AvgIpc) is 2.38. The maximum Gasteiger partial charge on any atom is 0.222 e. The SMILES string of the molecule is Cc1ccc(CCC(=O)N2CCCCC2)c(Br)c1. The lowest BCUT2D eigenvalue weighted by Crippen LogP contribution is -2.35. The van der Waals surface area contributed by atoms with Gasteiger partial charge in [-0.3, -0.25) is 4.79 Å². The van der Waals surface area contributed by atoms with Crippen LogP contribution in [0.3, 0.4) is 0 Å². The van der Waals surface area contributed by atoms with Crippen LogP contribution >= 0.6 is 15.9 Å². The monoisotopic (exact) mass is 309 g/mol. The van der Waals surface area contributed by atoms with Crippen molar-refractivity contribution in [3.05, 3.63) is 33.8 Å². The number of likely N-dealkylation sites (tertiary alicyclic amines) is 1. The summed E-state index contributed by atoms with van der Waals surface area (Å²) >= 11 is 3.57. The molecule has 0 unspecified atom stereocenters. The van der Waals surface area contributed by atoms with Gasteiger partial charge < -0.3 is 4.90 Å². The summed E-state index contributed by atoms with van der Waals surface area (Å²) in [4.78, 5) is 14.1. The first kappa shape index (κ1) is 13.6. The third-order valence-corrected chi connectivity index (χ3v) is 4.26. The Morgan fingerprint density at radius 1 is 1.28 bits per heavy atom. The molecule has 3 heteroatoms. The zero-order valence-corrected chi connectivity index (χ0v) is 12.5. The highest BCUT2D eigenvalue weighted by Crippen LogP contribution is 2.20. The van der Waals surface area contributed by atoms with E-state index >= 15 is 0 Å². The number of rotatable bonds is 3. The Labute approximate surface area is 117 Å². The van der Waals surface area contributed by atoms with E-state index in [1.54, 1.807) is 0 Å². The van der Waals surface area contributed by atoms with Crippen LogP contribution in [-0.4, -0.2) is 23.9 Å². The van der Waals surface area contributed by atoms with Gasteiger partial charge in [-0.05, 0) is 49.8 Å². The molecule has 1 amide bonds. The minimum absolute atomic E-state index is 0.308. The maximum atomic E-state index is 12.1. The van der Waals surface area contributed by atoms with Gasteiger partial charge in [0.1, 0.15) is 0 Å². The van der Waals surface area contributed by atoms with Crippen molar-refractivity contribution >= 4 is 21.8 Å². The number of carbonyl (C=O) groups is 1. The van der Waals surface area contributed by atoms with Gasteiger partial charge in [0.15, 0.2) is 0 Å². The van der Waals surface area contributed by atoms with E-state index in [9.17, 15) is 4.79 Å². The van der Waals surface area contributed by atoms with Crippen LogP contribution in [0.4, 0.5) is 0 Å². The zero-order chi connectivity index (χ0) is 13.0. The molecule has 0 saturated carbocycles. The van der Waals surface area contributed by atoms with Crippen molar-refractivity contribution in [3.8, 4) is 0 Å². The number of carbonyl (C=O) groups excluding carboxylic acids is 1. The molecule has 0 atom stereocenters. The van der Waals surface area contributed by atoms with Crippen LogP contribution in [0.25, 0.3) is 0 Å². The Kier molecular flexibility index (Phi) is 4.81. The summed E-state index contributed by atoms with van der Waals surface area (Å²) in [7, 11) is 0. The first-order chi connectivity index (χ1) is 8.66. The van der Waals surface area contributed by atoms with E-state index in [0.29, 0.717) is 12.3 Å². The van der Waals surface area contributed by atoms with E-state index in [0.717, 1.165) is 24.0 Å². The topological polar surface area (TPSA) is 20.3 Å². The van der Waals surface area contributed by atoms with E-state index < -0.39 is 0 Å². The average molecular weight is 310 g/mol. The molecule has 98 valence electrons. The van der Waals surface area contributed by atoms with Gasteiger partial charge in [0.2, 0.25) is 5.91 Å². The van der Waals surface area contributed by atoms with Crippen molar-refractivity contribution in [2.75, 3.05) is 13.1 Å². The van der Waals surface area contributed by atoms with Gasteiger partial charge in [-0.1, -0.05) is 28.1 Å². The molecule has 0 aromatic heterocycles. The molecule has 1 heterocycles. The quantitative estimate of drug-likeness (QED) is 0.833.